The maximum absolute atomic E-state index is 11.7. The molecule has 0 aliphatic heterocycles. The minimum absolute atomic E-state index is 0.00617. The molecule has 1 rings (SSSR count). The molecule has 0 saturated heterocycles. The van der Waals surface area contributed by atoms with Crippen LogP contribution < -0.4 is 9.46 Å². The lowest BCUT2D eigenvalue weighted by atomic mass is 10.2. The topological polar surface area (TPSA) is 125 Å². The molecule has 0 aromatic heterocycles. The number of sulfonamides is 1. The van der Waals surface area contributed by atoms with Gasteiger partial charge in [-0.3, -0.25) is 19.6 Å². The van der Waals surface area contributed by atoms with Crippen molar-refractivity contribution >= 4 is 27.4 Å². The van der Waals surface area contributed by atoms with Crippen molar-refractivity contribution in [3.05, 3.63) is 28.3 Å². The van der Waals surface area contributed by atoms with E-state index in [-0.39, 0.29) is 18.0 Å². The van der Waals surface area contributed by atoms with Crippen LogP contribution in [0, 0.1) is 10.1 Å². The second kappa shape index (κ2) is 6.88. The normalized spacial score (nSPS) is 10.8. The summed E-state index contributed by atoms with van der Waals surface area (Å²) in [5.74, 6) is -1.79. The number of benzene rings is 1. The Bertz CT molecular complexity index is 642. The van der Waals surface area contributed by atoms with Crippen molar-refractivity contribution in [3.63, 3.8) is 0 Å². The van der Waals surface area contributed by atoms with Gasteiger partial charge in [0.1, 0.15) is 0 Å². The van der Waals surface area contributed by atoms with Crippen LogP contribution in [0.2, 0.25) is 0 Å². The molecule has 0 aliphatic rings. The quantitative estimate of drug-likeness (QED) is 0.450. The number of methoxy groups -OCH3 is 1. The molecular weight excluding hydrogens is 304 g/mol. The van der Waals surface area contributed by atoms with E-state index in [2.05, 4.69) is 9.46 Å². The van der Waals surface area contributed by atoms with Crippen molar-refractivity contribution in [2.45, 2.75) is 6.92 Å². The van der Waals surface area contributed by atoms with Crippen LogP contribution in [-0.2, 0) is 19.6 Å². The van der Waals surface area contributed by atoms with Crippen molar-refractivity contribution < 1.29 is 27.6 Å². The fraction of sp³-hybridized carbons (Fsp3) is 0.364. The summed E-state index contributed by atoms with van der Waals surface area (Å²) in [5.41, 5.74) is -0.444. The van der Waals surface area contributed by atoms with Gasteiger partial charge < -0.3 is 9.47 Å². The van der Waals surface area contributed by atoms with Crippen LogP contribution >= 0.6 is 0 Å². The van der Waals surface area contributed by atoms with Crippen LogP contribution in [0.5, 0.6) is 5.75 Å². The number of rotatable bonds is 7. The van der Waals surface area contributed by atoms with Gasteiger partial charge in [-0.15, -0.1) is 0 Å². The summed E-state index contributed by atoms with van der Waals surface area (Å²) in [6.45, 7) is 1.60. The SMILES string of the molecule is CCOC(=O)CS(=O)(=O)Nc1ccc(OC)c([N+](=O)[O-])c1. The minimum atomic E-state index is -4.01. The van der Waals surface area contributed by atoms with Crippen molar-refractivity contribution in [1.82, 2.24) is 0 Å². The highest BCUT2D eigenvalue weighted by Gasteiger charge is 2.20. The standard InChI is InChI=1S/C11H14N2O7S/c1-3-20-11(14)7-21(17,18)12-8-4-5-10(19-2)9(6-8)13(15)16/h4-6,12H,3,7H2,1-2H3. The predicted molar refractivity (Wildman–Crippen MR) is 73.7 cm³/mol. The van der Waals surface area contributed by atoms with Gasteiger partial charge in [0.15, 0.2) is 11.5 Å². The molecular formula is C11H14N2O7S. The Morgan fingerprint density at radius 3 is 2.62 bits per heavy atom. The van der Waals surface area contributed by atoms with Crippen molar-refractivity contribution in [2.24, 2.45) is 0 Å². The lowest BCUT2D eigenvalue weighted by molar-refractivity contribution is -0.385. The first kappa shape index (κ1) is 16.7. The summed E-state index contributed by atoms with van der Waals surface area (Å²) >= 11 is 0. The number of hydrogen-bond acceptors (Lipinski definition) is 7. The Labute approximate surface area is 121 Å². The van der Waals surface area contributed by atoms with Gasteiger partial charge in [-0.05, 0) is 19.1 Å². The van der Waals surface area contributed by atoms with E-state index in [4.69, 9.17) is 4.74 Å². The number of hydrogen-bond donors (Lipinski definition) is 1. The number of nitro groups is 1. The molecule has 0 fully saturated rings. The largest absolute Gasteiger partial charge is 0.490 e. The predicted octanol–water partition coefficient (Wildman–Crippen LogP) is 0.908. The van der Waals surface area contributed by atoms with Gasteiger partial charge in [-0.2, -0.15) is 0 Å². The number of carbonyl (C=O) groups is 1. The third-order valence-electron chi connectivity index (χ3n) is 2.26. The first-order valence-electron chi connectivity index (χ1n) is 5.77. The number of ether oxygens (including phenoxy) is 2. The minimum Gasteiger partial charge on any atom is -0.490 e. The van der Waals surface area contributed by atoms with Crippen LogP contribution in [0.4, 0.5) is 11.4 Å². The summed E-state index contributed by atoms with van der Waals surface area (Å²) in [7, 11) is -2.75. The van der Waals surface area contributed by atoms with E-state index < -0.39 is 32.4 Å². The van der Waals surface area contributed by atoms with E-state index in [1.165, 1.54) is 19.2 Å². The highest BCUT2D eigenvalue weighted by atomic mass is 32.2. The van der Waals surface area contributed by atoms with Gasteiger partial charge in [0.2, 0.25) is 10.0 Å². The summed E-state index contributed by atoms with van der Waals surface area (Å²) in [4.78, 5) is 21.3. The first-order chi connectivity index (χ1) is 9.79. The molecule has 0 radical (unpaired) electrons. The molecule has 0 bridgehead atoms. The van der Waals surface area contributed by atoms with Gasteiger partial charge in [0.25, 0.3) is 0 Å². The second-order valence-electron chi connectivity index (χ2n) is 3.81. The van der Waals surface area contributed by atoms with Crippen LogP contribution in [0.25, 0.3) is 0 Å². The van der Waals surface area contributed by atoms with Crippen LogP contribution in [-0.4, -0.2) is 38.8 Å². The smallest absolute Gasteiger partial charge is 0.323 e. The molecule has 0 aliphatic carbocycles. The lowest BCUT2D eigenvalue weighted by Crippen LogP contribution is -2.24. The molecule has 0 unspecified atom stereocenters. The molecule has 1 aromatic carbocycles. The Kier molecular flexibility index (Phi) is 5.47. The highest BCUT2D eigenvalue weighted by molar-refractivity contribution is 7.93. The van der Waals surface area contributed by atoms with E-state index in [1.807, 2.05) is 0 Å². The third-order valence-corrected chi connectivity index (χ3v) is 3.42. The number of carbonyl (C=O) groups excluding carboxylic acids is 1. The second-order valence-corrected chi connectivity index (χ2v) is 5.53. The molecule has 116 valence electrons. The van der Waals surface area contributed by atoms with Gasteiger partial charge in [0.05, 0.1) is 24.3 Å². The maximum Gasteiger partial charge on any atom is 0.323 e. The van der Waals surface area contributed by atoms with Gasteiger partial charge in [-0.1, -0.05) is 0 Å². The van der Waals surface area contributed by atoms with Crippen molar-refractivity contribution in [1.29, 1.82) is 0 Å². The Hall–Kier alpha value is -2.36. The molecule has 0 saturated carbocycles. The van der Waals surface area contributed by atoms with Gasteiger partial charge in [-0.25, -0.2) is 8.42 Å². The summed E-state index contributed by atoms with van der Waals surface area (Å²) < 4.78 is 34.8. The monoisotopic (exact) mass is 318 g/mol. The summed E-state index contributed by atoms with van der Waals surface area (Å²) in [6, 6.07) is 3.54. The maximum atomic E-state index is 11.7. The Morgan fingerprint density at radius 1 is 1.43 bits per heavy atom. The Balaban J connectivity index is 2.95. The molecule has 0 amide bonds. The van der Waals surface area contributed by atoms with Crippen LogP contribution in [0.1, 0.15) is 6.92 Å². The number of esters is 1. The fourth-order valence-corrected chi connectivity index (χ4v) is 2.42. The van der Waals surface area contributed by atoms with E-state index in [9.17, 15) is 23.3 Å². The molecule has 0 heterocycles. The third kappa shape index (κ3) is 4.91. The Morgan fingerprint density at radius 2 is 2.10 bits per heavy atom. The van der Waals surface area contributed by atoms with E-state index in [0.29, 0.717) is 0 Å². The number of anilines is 1. The molecule has 0 atom stereocenters. The van der Waals surface area contributed by atoms with E-state index in [0.717, 1.165) is 6.07 Å². The zero-order chi connectivity index (χ0) is 16.0. The number of nitrogens with one attached hydrogen (secondary N) is 1. The van der Waals surface area contributed by atoms with E-state index >= 15 is 0 Å². The average Bonchev–Trinajstić information content (AvgIpc) is 2.37. The summed E-state index contributed by atoms with van der Waals surface area (Å²) in [5, 5.41) is 10.8. The van der Waals surface area contributed by atoms with Gasteiger partial charge >= 0.3 is 11.7 Å². The molecule has 21 heavy (non-hydrogen) atoms. The summed E-state index contributed by atoms with van der Waals surface area (Å²) in [6.07, 6.45) is 0. The van der Waals surface area contributed by atoms with E-state index in [1.54, 1.807) is 6.92 Å². The fourth-order valence-electron chi connectivity index (χ4n) is 1.47. The molecule has 1 aromatic rings. The average molecular weight is 318 g/mol. The highest BCUT2D eigenvalue weighted by Crippen LogP contribution is 2.29. The first-order valence-corrected chi connectivity index (χ1v) is 7.43. The zero-order valence-corrected chi connectivity index (χ0v) is 12.2. The van der Waals surface area contributed by atoms with Crippen molar-refractivity contribution in [2.75, 3.05) is 24.2 Å². The lowest BCUT2D eigenvalue weighted by Gasteiger charge is -2.08. The molecule has 10 heteroatoms. The molecule has 0 spiro atoms. The molecule has 1 N–H and O–H groups in total. The van der Waals surface area contributed by atoms with Crippen molar-refractivity contribution in [3.8, 4) is 5.75 Å². The van der Waals surface area contributed by atoms with Crippen LogP contribution in [0.3, 0.4) is 0 Å². The zero-order valence-electron chi connectivity index (χ0n) is 11.4. The molecule has 9 nitrogen and oxygen atoms in total. The van der Waals surface area contributed by atoms with Gasteiger partial charge in [0, 0.05) is 6.07 Å². The van der Waals surface area contributed by atoms with Crippen LogP contribution in [0.15, 0.2) is 18.2 Å². The number of nitrogens with zero attached hydrogens (tertiary/aromatic N) is 1. The number of nitro benzene ring substituents is 1.